The Morgan fingerprint density at radius 3 is 2.53 bits per heavy atom. The van der Waals surface area contributed by atoms with E-state index >= 15 is 0 Å². The molecule has 1 aromatic carbocycles. The van der Waals surface area contributed by atoms with Crippen molar-refractivity contribution in [3.63, 3.8) is 0 Å². The van der Waals surface area contributed by atoms with Crippen molar-refractivity contribution in [2.24, 2.45) is 7.05 Å². The molecule has 4 rings (SSSR count). The van der Waals surface area contributed by atoms with Crippen LogP contribution in [-0.2, 0) is 7.05 Å². The molecule has 0 spiro atoms. The fraction of sp³-hybridized carbons (Fsp3) is 0.522. The maximum absolute atomic E-state index is 12.7. The first-order chi connectivity index (χ1) is 16.3. The zero-order chi connectivity index (χ0) is 24.4. The molecular formula is C23H32N7O4+. The second kappa shape index (κ2) is 9.90. The molecule has 182 valence electrons. The summed E-state index contributed by atoms with van der Waals surface area (Å²) in [6, 6.07) is 5.37. The highest BCUT2D eigenvalue weighted by atomic mass is 16.5. The summed E-state index contributed by atoms with van der Waals surface area (Å²) >= 11 is 0. The lowest BCUT2D eigenvalue weighted by molar-refractivity contribution is -0.749. The molecule has 1 fully saturated rings. The Bertz CT molecular complexity index is 1290. The fourth-order valence-corrected chi connectivity index (χ4v) is 3.92. The van der Waals surface area contributed by atoms with E-state index in [2.05, 4.69) is 31.9 Å². The Labute approximate surface area is 197 Å². The molecule has 0 saturated carbocycles. The van der Waals surface area contributed by atoms with Gasteiger partial charge in [-0.3, -0.25) is 9.69 Å². The molecule has 1 aliphatic rings. The van der Waals surface area contributed by atoms with Gasteiger partial charge in [0.25, 0.3) is 5.56 Å². The van der Waals surface area contributed by atoms with Crippen LogP contribution in [0.3, 0.4) is 0 Å². The van der Waals surface area contributed by atoms with Gasteiger partial charge in [0.2, 0.25) is 11.3 Å². The lowest BCUT2D eigenvalue weighted by atomic mass is 10.2. The van der Waals surface area contributed by atoms with Crippen molar-refractivity contribution in [3.8, 4) is 22.9 Å². The number of nitrogens with one attached hydrogen (secondary N) is 1. The Hall–Kier alpha value is -3.31. The molecule has 11 heteroatoms. The van der Waals surface area contributed by atoms with Gasteiger partial charge < -0.3 is 14.4 Å². The van der Waals surface area contributed by atoms with E-state index < -0.39 is 11.2 Å². The molecule has 0 aliphatic carbocycles. The van der Waals surface area contributed by atoms with E-state index in [-0.39, 0.29) is 11.6 Å². The predicted octanol–water partition coefficient (Wildman–Crippen LogP) is 0.187. The highest BCUT2D eigenvalue weighted by molar-refractivity contribution is 5.69. The van der Waals surface area contributed by atoms with Gasteiger partial charge in [0.15, 0.2) is 11.5 Å². The minimum Gasteiger partial charge on any atom is -0.493 e. The number of aromatic nitrogens is 5. The molecule has 11 nitrogen and oxygen atoms in total. The fourth-order valence-electron chi connectivity index (χ4n) is 3.92. The Morgan fingerprint density at radius 1 is 1.12 bits per heavy atom. The maximum atomic E-state index is 12.7. The Balaban J connectivity index is 1.62. The molecule has 2 aromatic heterocycles. The van der Waals surface area contributed by atoms with Crippen molar-refractivity contribution in [2.45, 2.75) is 19.9 Å². The third kappa shape index (κ3) is 4.80. The third-order valence-corrected chi connectivity index (χ3v) is 6.08. The first-order valence-electron chi connectivity index (χ1n) is 11.4. The van der Waals surface area contributed by atoms with Gasteiger partial charge in [0, 0.05) is 45.3 Å². The van der Waals surface area contributed by atoms with Crippen LogP contribution >= 0.6 is 0 Å². The van der Waals surface area contributed by atoms with Gasteiger partial charge in [-0.15, -0.1) is 4.68 Å². The number of rotatable bonds is 7. The van der Waals surface area contributed by atoms with Crippen LogP contribution in [-0.4, -0.2) is 82.9 Å². The second-order valence-electron chi connectivity index (χ2n) is 8.82. The van der Waals surface area contributed by atoms with Crippen molar-refractivity contribution in [1.82, 2.24) is 29.4 Å². The van der Waals surface area contributed by atoms with E-state index in [4.69, 9.17) is 9.47 Å². The highest BCUT2D eigenvalue weighted by Gasteiger charge is 2.23. The van der Waals surface area contributed by atoms with Gasteiger partial charge in [0.1, 0.15) is 12.6 Å². The van der Waals surface area contributed by atoms with E-state index in [0.29, 0.717) is 35.1 Å². The molecule has 1 saturated heterocycles. The minimum absolute atomic E-state index is 0.105. The van der Waals surface area contributed by atoms with Crippen molar-refractivity contribution in [2.75, 3.05) is 53.5 Å². The van der Waals surface area contributed by atoms with Crippen LogP contribution in [0.1, 0.15) is 19.9 Å². The smallest absolute Gasteiger partial charge is 0.416 e. The number of fused-ring (bicyclic) bond motifs is 1. The first-order valence-corrected chi connectivity index (χ1v) is 11.4. The van der Waals surface area contributed by atoms with Crippen LogP contribution in [0.15, 0.2) is 27.8 Å². The van der Waals surface area contributed by atoms with Crippen LogP contribution in [0.5, 0.6) is 11.5 Å². The summed E-state index contributed by atoms with van der Waals surface area (Å²) in [7, 11) is 5.14. The number of likely N-dealkylation sites (N-methyl/N-ethyl adjacent to an activating group) is 1. The number of piperazine rings is 1. The summed E-state index contributed by atoms with van der Waals surface area (Å²) in [6.07, 6.45) is 0. The maximum Gasteiger partial charge on any atom is 0.416 e. The molecule has 1 aliphatic heterocycles. The van der Waals surface area contributed by atoms with Gasteiger partial charge in [-0.25, -0.2) is 14.3 Å². The minimum atomic E-state index is -0.511. The van der Waals surface area contributed by atoms with Gasteiger partial charge in [0.05, 0.1) is 7.11 Å². The molecule has 1 N–H and O–H groups in total. The average Bonchev–Trinajstić information content (AvgIpc) is 2.83. The van der Waals surface area contributed by atoms with Gasteiger partial charge in [-0.2, -0.15) is 4.98 Å². The number of aromatic amines is 1. The van der Waals surface area contributed by atoms with Crippen molar-refractivity contribution < 1.29 is 14.2 Å². The van der Waals surface area contributed by atoms with Crippen LogP contribution in [0.2, 0.25) is 0 Å². The second-order valence-corrected chi connectivity index (χ2v) is 8.82. The van der Waals surface area contributed by atoms with Gasteiger partial charge >= 0.3 is 11.3 Å². The van der Waals surface area contributed by atoms with Crippen LogP contribution < -0.4 is 25.4 Å². The van der Waals surface area contributed by atoms with E-state index in [1.165, 1.54) is 7.05 Å². The molecule has 3 aromatic rings. The van der Waals surface area contributed by atoms with E-state index in [1.807, 2.05) is 26.0 Å². The number of ether oxygens (including phenoxy) is 2. The molecular weight excluding hydrogens is 438 g/mol. The largest absolute Gasteiger partial charge is 0.493 e. The normalized spacial score (nSPS) is 15.2. The monoisotopic (exact) mass is 470 g/mol. The molecule has 0 bridgehead atoms. The summed E-state index contributed by atoms with van der Waals surface area (Å²) in [5.74, 6) is 1.55. The molecule has 0 amide bonds. The molecule has 34 heavy (non-hydrogen) atoms. The zero-order valence-electron chi connectivity index (χ0n) is 20.4. The summed E-state index contributed by atoms with van der Waals surface area (Å²) in [4.78, 5) is 36.7. The molecule has 0 radical (unpaired) electrons. The number of H-pyrrole nitrogens is 1. The van der Waals surface area contributed by atoms with Crippen LogP contribution in [0, 0.1) is 0 Å². The van der Waals surface area contributed by atoms with Gasteiger partial charge in [-0.05, 0) is 39.1 Å². The lowest BCUT2D eigenvalue weighted by Gasteiger charge is -2.32. The quantitative estimate of drug-likeness (QED) is 0.488. The number of hydrogen-bond donors (Lipinski definition) is 1. The average molecular weight is 471 g/mol. The topological polar surface area (TPSA) is 109 Å². The highest BCUT2D eigenvalue weighted by Crippen LogP contribution is 2.31. The Morgan fingerprint density at radius 2 is 1.85 bits per heavy atom. The Kier molecular flexibility index (Phi) is 6.94. The lowest BCUT2D eigenvalue weighted by Crippen LogP contribution is -2.46. The number of nitrogens with zero attached hydrogens (tertiary/aromatic N) is 6. The van der Waals surface area contributed by atoms with Crippen LogP contribution in [0.4, 0.5) is 0 Å². The summed E-state index contributed by atoms with van der Waals surface area (Å²) in [6.45, 7) is 9.46. The van der Waals surface area contributed by atoms with Crippen molar-refractivity contribution in [3.05, 3.63) is 39.0 Å². The molecule has 3 heterocycles. The predicted molar refractivity (Wildman–Crippen MR) is 127 cm³/mol. The van der Waals surface area contributed by atoms with Crippen molar-refractivity contribution in [1.29, 1.82) is 0 Å². The van der Waals surface area contributed by atoms with E-state index in [1.54, 1.807) is 17.9 Å². The first kappa shape index (κ1) is 23.8. The van der Waals surface area contributed by atoms with Crippen LogP contribution in [0.25, 0.3) is 22.6 Å². The summed E-state index contributed by atoms with van der Waals surface area (Å²) in [5, 5.41) is 4.60. The standard InChI is InChI=1S/C23H31N7O4/c1-15(2)30-21-19(22(31)28(4)23(32)25-21)24-20(26-30)16-6-7-17(18(14-16)33-5)34-13-12-29-10-8-27(3)9-11-29/h6-7,14-15H,8-13H2,1-5H3/p+1. The summed E-state index contributed by atoms with van der Waals surface area (Å²) in [5.41, 5.74) is 0.124. The van der Waals surface area contributed by atoms with E-state index in [9.17, 15) is 9.59 Å². The summed E-state index contributed by atoms with van der Waals surface area (Å²) < 4.78 is 14.2. The molecule has 0 atom stereocenters. The SMILES string of the molecule is COc1cc(-c2nc3c(=O)n(C)c(=O)[nH]c3[n+](C(C)C)n2)ccc1OCCN1CCN(C)CC1. The van der Waals surface area contributed by atoms with E-state index in [0.717, 1.165) is 37.3 Å². The van der Waals surface area contributed by atoms with Crippen molar-refractivity contribution >= 4 is 11.2 Å². The van der Waals surface area contributed by atoms with Gasteiger partial charge in [-0.1, -0.05) is 5.10 Å². The number of methoxy groups -OCH3 is 1. The molecule has 0 unspecified atom stereocenters. The number of benzene rings is 1. The third-order valence-electron chi connectivity index (χ3n) is 6.08. The zero-order valence-corrected chi connectivity index (χ0v) is 20.4. The number of hydrogen-bond acceptors (Lipinski definition) is 8.